The lowest BCUT2D eigenvalue weighted by molar-refractivity contribution is -0.157. The molecular formula is C30H31NO5. The predicted molar refractivity (Wildman–Crippen MR) is 135 cm³/mol. The third-order valence-corrected chi connectivity index (χ3v) is 8.75. The minimum Gasteiger partial charge on any atom is -0.489 e. The molecule has 1 aliphatic heterocycles. The molecule has 1 aromatic heterocycles. The SMILES string of the molecule is CC(=O)OC1(C)C[C@H]2[C@@H]3OC4=C(C=C3C=C[C@]2(C)[C@H]1c1ccc2cnccc2c1)C(=O)CC(CO)C4. The molecule has 1 fully saturated rings. The van der Waals surface area contributed by atoms with Crippen LogP contribution >= 0.6 is 0 Å². The number of carbonyl (C=O) groups is 2. The highest BCUT2D eigenvalue weighted by Crippen LogP contribution is 2.64. The van der Waals surface area contributed by atoms with Gasteiger partial charge in [-0.1, -0.05) is 37.3 Å². The Bertz CT molecular complexity index is 1370. The monoisotopic (exact) mass is 485 g/mol. The molecule has 6 atom stereocenters. The van der Waals surface area contributed by atoms with E-state index in [4.69, 9.17) is 9.47 Å². The molecule has 1 N–H and O–H groups in total. The van der Waals surface area contributed by atoms with Crippen molar-refractivity contribution in [3.63, 3.8) is 0 Å². The van der Waals surface area contributed by atoms with E-state index in [0.29, 0.717) is 30.6 Å². The number of rotatable bonds is 3. The molecule has 0 saturated heterocycles. The average molecular weight is 486 g/mol. The van der Waals surface area contributed by atoms with E-state index in [1.54, 1.807) is 6.20 Å². The van der Waals surface area contributed by atoms with Crippen LogP contribution in [0.5, 0.6) is 0 Å². The van der Waals surface area contributed by atoms with E-state index >= 15 is 0 Å². The maximum absolute atomic E-state index is 12.8. The molecule has 3 aliphatic carbocycles. The largest absolute Gasteiger partial charge is 0.489 e. The summed E-state index contributed by atoms with van der Waals surface area (Å²) < 4.78 is 12.7. The summed E-state index contributed by atoms with van der Waals surface area (Å²) in [5.74, 6) is 0.260. The summed E-state index contributed by atoms with van der Waals surface area (Å²) in [7, 11) is 0. The minimum absolute atomic E-state index is 0.0295. The van der Waals surface area contributed by atoms with Gasteiger partial charge >= 0.3 is 5.97 Å². The summed E-state index contributed by atoms with van der Waals surface area (Å²) >= 11 is 0. The Hall–Kier alpha value is -3.25. The predicted octanol–water partition coefficient (Wildman–Crippen LogP) is 4.79. The van der Waals surface area contributed by atoms with Gasteiger partial charge < -0.3 is 14.6 Å². The van der Waals surface area contributed by atoms with Crippen molar-refractivity contribution in [1.82, 2.24) is 4.98 Å². The van der Waals surface area contributed by atoms with E-state index in [9.17, 15) is 14.7 Å². The maximum atomic E-state index is 12.8. The molecule has 6 rings (SSSR count). The van der Waals surface area contributed by atoms with Crippen molar-refractivity contribution in [2.24, 2.45) is 17.3 Å². The Kier molecular flexibility index (Phi) is 5.23. The highest BCUT2D eigenvalue weighted by atomic mass is 16.6. The number of ketones is 1. The number of aliphatic hydroxyl groups excluding tert-OH is 1. The number of fused-ring (bicyclic) bond motifs is 4. The van der Waals surface area contributed by atoms with Crippen LogP contribution in [0.2, 0.25) is 0 Å². The van der Waals surface area contributed by atoms with Crippen molar-refractivity contribution in [2.45, 2.75) is 57.7 Å². The second-order valence-electron chi connectivity index (χ2n) is 11.2. The van der Waals surface area contributed by atoms with Crippen LogP contribution in [0.1, 0.15) is 51.5 Å². The molecule has 6 nitrogen and oxygen atoms in total. The number of esters is 1. The lowest BCUT2D eigenvalue weighted by Crippen LogP contribution is -2.42. The lowest BCUT2D eigenvalue weighted by atomic mass is 9.63. The molecule has 1 aromatic carbocycles. The zero-order chi connectivity index (χ0) is 25.2. The van der Waals surface area contributed by atoms with Crippen LogP contribution in [-0.2, 0) is 19.1 Å². The standard InChI is InChI=1S/C30H31NO5/c1-17(33)36-30(3)14-24-27-20(13-23-25(34)10-18(16-32)11-26(23)35-27)6-8-29(24,2)28(30)21-4-5-22-15-31-9-7-19(22)12-21/h4-9,12-13,15,18,24,27-28,32H,10-11,14,16H2,1-3H3/t18?,24-,27+,28+,29-,30?/m0/s1. The first-order valence-electron chi connectivity index (χ1n) is 12.7. The molecule has 2 aromatic rings. The van der Waals surface area contributed by atoms with Gasteiger partial charge in [0.05, 0.1) is 5.57 Å². The summed E-state index contributed by atoms with van der Waals surface area (Å²) in [6.07, 6.45) is 11.3. The Morgan fingerprint density at radius 1 is 1.22 bits per heavy atom. The van der Waals surface area contributed by atoms with Gasteiger partial charge in [0.25, 0.3) is 0 Å². The number of carbonyl (C=O) groups excluding carboxylic acids is 2. The minimum atomic E-state index is -0.736. The smallest absolute Gasteiger partial charge is 0.303 e. The number of aliphatic hydroxyl groups is 1. The fourth-order valence-electron chi connectivity index (χ4n) is 7.30. The van der Waals surface area contributed by atoms with Crippen LogP contribution in [0.4, 0.5) is 0 Å². The van der Waals surface area contributed by atoms with Crippen LogP contribution in [0.15, 0.2) is 71.8 Å². The summed E-state index contributed by atoms with van der Waals surface area (Å²) in [6.45, 7) is 5.71. The quantitative estimate of drug-likeness (QED) is 0.630. The third-order valence-electron chi connectivity index (χ3n) is 8.75. The van der Waals surface area contributed by atoms with Crippen molar-refractivity contribution in [2.75, 3.05) is 6.61 Å². The number of hydrogen-bond acceptors (Lipinski definition) is 6. The fraction of sp³-hybridized carbons (Fsp3) is 0.433. The van der Waals surface area contributed by atoms with Gasteiger partial charge in [-0.25, -0.2) is 0 Å². The van der Waals surface area contributed by atoms with Crippen LogP contribution < -0.4 is 0 Å². The first-order valence-corrected chi connectivity index (χ1v) is 12.7. The zero-order valence-corrected chi connectivity index (χ0v) is 20.9. The van der Waals surface area contributed by atoms with Gasteiger partial charge in [-0.3, -0.25) is 14.6 Å². The van der Waals surface area contributed by atoms with E-state index in [1.807, 2.05) is 25.3 Å². The molecule has 0 amide bonds. The van der Waals surface area contributed by atoms with Crippen LogP contribution in [0.25, 0.3) is 10.8 Å². The second-order valence-corrected chi connectivity index (χ2v) is 11.2. The third kappa shape index (κ3) is 3.46. The Morgan fingerprint density at radius 3 is 2.83 bits per heavy atom. The van der Waals surface area contributed by atoms with E-state index in [0.717, 1.165) is 21.9 Å². The molecule has 1 saturated carbocycles. The number of allylic oxidation sites excluding steroid dienone is 4. The van der Waals surface area contributed by atoms with E-state index in [1.165, 1.54) is 6.92 Å². The first-order chi connectivity index (χ1) is 17.2. The number of hydrogen-bond donors (Lipinski definition) is 1. The van der Waals surface area contributed by atoms with Gasteiger partial charge in [-0.2, -0.15) is 0 Å². The summed E-state index contributed by atoms with van der Waals surface area (Å²) in [4.78, 5) is 29.3. The van der Waals surface area contributed by atoms with Crippen molar-refractivity contribution in [1.29, 1.82) is 0 Å². The maximum Gasteiger partial charge on any atom is 0.303 e. The second kappa shape index (κ2) is 8.13. The normalized spacial score (nSPS) is 35.0. The highest BCUT2D eigenvalue weighted by Gasteiger charge is 2.63. The van der Waals surface area contributed by atoms with E-state index < -0.39 is 5.60 Å². The molecule has 0 bridgehead atoms. The molecule has 186 valence electrons. The van der Waals surface area contributed by atoms with Crippen molar-refractivity contribution in [3.8, 4) is 0 Å². The van der Waals surface area contributed by atoms with Crippen molar-refractivity contribution < 1.29 is 24.2 Å². The zero-order valence-electron chi connectivity index (χ0n) is 20.9. The Labute approximate surface area is 210 Å². The summed E-state index contributed by atoms with van der Waals surface area (Å²) in [6, 6.07) is 8.39. The Morgan fingerprint density at radius 2 is 2.06 bits per heavy atom. The molecule has 0 spiro atoms. The number of pyridine rings is 1. The topological polar surface area (TPSA) is 85.7 Å². The summed E-state index contributed by atoms with van der Waals surface area (Å²) in [5, 5.41) is 11.9. The first kappa shape index (κ1) is 23.2. The molecule has 2 unspecified atom stereocenters. The molecule has 4 aliphatic rings. The number of ether oxygens (including phenoxy) is 2. The number of nitrogens with zero attached hydrogens (tertiary/aromatic N) is 1. The molecule has 6 heteroatoms. The van der Waals surface area contributed by atoms with Gasteiger partial charge in [-0.05, 0) is 47.9 Å². The highest BCUT2D eigenvalue weighted by molar-refractivity contribution is 6.00. The van der Waals surface area contributed by atoms with Gasteiger partial charge in [0.1, 0.15) is 17.5 Å². The van der Waals surface area contributed by atoms with Crippen LogP contribution in [-0.4, -0.2) is 40.2 Å². The van der Waals surface area contributed by atoms with Crippen molar-refractivity contribution in [3.05, 3.63) is 77.4 Å². The summed E-state index contributed by atoms with van der Waals surface area (Å²) in [5.41, 5.74) is 1.66. The average Bonchev–Trinajstić information content (AvgIpc) is 3.08. The molecule has 0 radical (unpaired) electrons. The van der Waals surface area contributed by atoms with E-state index in [-0.39, 0.29) is 47.6 Å². The number of aromatic nitrogens is 1. The number of Topliss-reactive ketones (excluding diaryl/α,β-unsaturated/α-hetero) is 1. The molecule has 36 heavy (non-hydrogen) atoms. The lowest BCUT2D eigenvalue weighted by Gasteiger charge is -2.45. The number of benzene rings is 1. The van der Waals surface area contributed by atoms with Gasteiger partial charge in [0.15, 0.2) is 5.78 Å². The fourth-order valence-corrected chi connectivity index (χ4v) is 7.30. The van der Waals surface area contributed by atoms with E-state index in [2.05, 4.69) is 42.3 Å². The Balaban J connectivity index is 1.45. The van der Waals surface area contributed by atoms with Crippen LogP contribution in [0, 0.1) is 17.3 Å². The van der Waals surface area contributed by atoms with Crippen LogP contribution in [0.3, 0.4) is 0 Å². The van der Waals surface area contributed by atoms with Gasteiger partial charge in [0, 0.05) is 61.4 Å². The van der Waals surface area contributed by atoms with Gasteiger partial charge in [0.2, 0.25) is 0 Å². The van der Waals surface area contributed by atoms with Gasteiger partial charge in [-0.15, -0.1) is 0 Å². The molecule has 2 heterocycles. The van der Waals surface area contributed by atoms with Crippen molar-refractivity contribution >= 4 is 22.5 Å². The molecular weight excluding hydrogens is 454 g/mol.